The van der Waals surface area contributed by atoms with Crippen molar-refractivity contribution in [1.29, 1.82) is 0 Å². The molecule has 0 unspecified atom stereocenters. The fourth-order valence-electron chi connectivity index (χ4n) is 4.43. The Bertz CT molecular complexity index is 1310. The van der Waals surface area contributed by atoms with Crippen molar-refractivity contribution in [2.45, 2.75) is 24.1 Å². The lowest BCUT2D eigenvalue weighted by Gasteiger charge is -2.29. The number of carbonyl (C=O) groups excluding carboxylic acids is 3. The van der Waals surface area contributed by atoms with Crippen LogP contribution in [-0.4, -0.2) is 35.0 Å². The van der Waals surface area contributed by atoms with Gasteiger partial charge in [-0.25, -0.2) is 0 Å². The summed E-state index contributed by atoms with van der Waals surface area (Å²) >= 11 is 0. The number of primary amides is 1. The van der Waals surface area contributed by atoms with Crippen LogP contribution in [0.2, 0.25) is 0 Å². The molecule has 4 aromatic carbocycles. The largest absolute Gasteiger partial charge is 0.381 e. The maximum atomic E-state index is 13.4. The van der Waals surface area contributed by atoms with E-state index in [2.05, 4.69) is 10.6 Å². The van der Waals surface area contributed by atoms with Crippen molar-refractivity contribution < 1.29 is 19.5 Å². The summed E-state index contributed by atoms with van der Waals surface area (Å²) in [5, 5.41) is 16.6. The number of carbonyl (C=O) groups is 3. The average Bonchev–Trinajstić information content (AvgIpc) is 2.97. The van der Waals surface area contributed by atoms with Crippen LogP contribution < -0.4 is 16.4 Å². The SMILES string of the molecule is NC(=O)[C@H](NC(=O)[C@H](O)[C@@H](NC(=O)c1ccccc1)c1ccccc1)C(c1ccccc1)c1ccccc1. The summed E-state index contributed by atoms with van der Waals surface area (Å²) < 4.78 is 0. The third-order valence-electron chi connectivity index (χ3n) is 6.32. The lowest BCUT2D eigenvalue weighted by molar-refractivity contribution is -0.134. The van der Waals surface area contributed by atoms with Crippen LogP contribution in [0.25, 0.3) is 0 Å². The second-order valence-electron chi connectivity index (χ2n) is 8.86. The maximum absolute atomic E-state index is 13.4. The predicted molar refractivity (Wildman–Crippen MR) is 145 cm³/mol. The Hall–Kier alpha value is -4.75. The van der Waals surface area contributed by atoms with Gasteiger partial charge in [-0.2, -0.15) is 0 Å². The molecular weight excluding hydrogens is 478 g/mol. The first-order chi connectivity index (χ1) is 18.5. The van der Waals surface area contributed by atoms with Crippen LogP contribution in [-0.2, 0) is 9.59 Å². The van der Waals surface area contributed by atoms with Gasteiger partial charge in [0, 0.05) is 11.5 Å². The summed E-state index contributed by atoms with van der Waals surface area (Å²) in [5.74, 6) is -2.65. The number of nitrogens with two attached hydrogens (primary N) is 1. The molecule has 0 heterocycles. The van der Waals surface area contributed by atoms with Gasteiger partial charge in [0.15, 0.2) is 6.10 Å². The van der Waals surface area contributed by atoms with E-state index >= 15 is 0 Å². The van der Waals surface area contributed by atoms with E-state index < -0.39 is 41.8 Å². The van der Waals surface area contributed by atoms with Gasteiger partial charge in [-0.05, 0) is 28.8 Å². The molecule has 3 amide bonds. The maximum Gasteiger partial charge on any atom is 0.252 e. The van der Waals surface area contributed by atoms with Gasteiger partial charge in [0.05, 0.1) is 6.04 Å². The Morgan fingerprint density at radius 3 is 1.47 bits per heavy atom. The molecule has 5 N–H and O–H groups in total. The first-order valence-corrected chi connectivity index (χ1v) is 12.2. The third-order valence-corrected chi connectivity index (χ3v) is 6.32. The molecule has 192 valence electrons. The first-order valence-electron chi connectivity index (χ1n) is 12.2. The molecule has 0 aliphatic heterocycles. The molecule has 3 atom stereocenters. The van der Waals surface area contributed by atoms with Crippen molar-refractivity contribution in [3.05, 3.63) is 144 Å². The zero-order chi connectivity index (χ0) is 26.9. The molecule has 7 nitrogen and oxygen atoms in total. The van der Waals surface area contributed by atoms with Gasteiger partial charge in [0.1, 0.15) is 6.04 Å². The van der Waals surface area contributed by atoms with E-state index in [1.54, 1.807) is 60.7 Å². The van der Waals surface area contributed by atoms with Gasteiger partial charge in [0.25, 0.3) is 11.8 Å². The molecular formula is C31H29N3O4. The Kier molecular flexibility index (Phi) is 8.64. The smallest absolute Gasteiger partial charge is 0.252 e. The average molecular weight is 508 g/mol. The highest BCUT2D eigenvalue weighted by atomic mass is 16.3. The Balaban J connectivity index is 1.63. The number of amides is 3. The number of benzene rings is 4. The zero-order valence-electron chi connectivity index (χ0n) is 20.6. The molecule has 0 aliphatic carbocycles. The van der Waals surface area contributed by atoms with Crippen molar-refractivity contribution in [1.82, 2.24) is 10.6 Å². The van der Waals surface area contributed by atoms with Gasteiger partial charge in [-0.3, -0.25) is 14.4 Å². The molecule has 0 saturated carbocycles. The van der Waals surface area contributed by atoms with Crippen molar-refractivity contribution in [3.8, 4) is 0 Å². The molecule has 0 radical (unpaired) electrons. The van der Waals surface area contributed by atoms with E-state index in [0.717, 1.165) is 11.1 Å². The summed E-state index contributed by atoms with van der Waals surface area (Å²) in [6.07, 6.45) is -1.71. The van der Waals surface area contributed by atoms with Gasteiger partial charge >= 0.3 is 0 Å². The second-order valence-corrected chi connectivity index (χ2v) is 8.86. The van der Waals surface area contributed by atoms with Crippen molar-refractivity contribution in [2.75, 3.05) is 0 Å². The van der Waals surface area contributed by atoms with Gasteiger partial charge in [-0.1, -0.05) is 109 Å². The Labute approximate surface area is 221 Å². The minimum absolute atomic E-state index is 0.379. The lowest BCUT2D eigenvalue weighted by Crippen LogP contribution is -2.53. The van der Waals surface area contributed by atoms with E-state index in [1.165, 1.54) is 0 Å². The topological polar surface area (TPSA) is 122 Å². The van der Waals surface area contributed by atoms with Gasteiger partial charge < -0.3 is 21.5 Å². The standard InChI is InChI=1S/C31H29N3O4/c32-29(36)27(25(21-13-5-1-6-14-21)22-15-7-2-8-16-22)34-31(38)28(35)26(23-17-9-3-10-18-23)33-30(37)24-19-11-4-12-20-24/h1-20,25-28,35H,(H2,32,36)(H,33,37)(H,34,38)/t26-,27+,28+/m0/s1. The van der Waals surface area contributed by atoms with E-state index in [1.807, 2.05) is 60.7 Å². The highest BCUT2D eigenvalue weighted by molar-refractivity contribution is 5.95. The molecule has 0 aliphatic rings. The number of aliphatic hydroxyl groups is 1. The molecule has 4 aromatic rings. The highest BCUT2D eigenvalue weighted by Gasteiger charge is 2.35. The van der Waals surface area contributed by atoms with Crippen LogP contribution in [0.5, 0.6) is 0 Å². The number of hydrogen-bond acceptors (Lipinski definition) is 4. The lowest BCUT2D eigenvalue weighted by atomic mass is 9.84. The van der Waals surface area contributed by atoms with Crippen LogP contribution in [0.4, 0.5) is 0 Å². The Morgan fingerprint density at radius 2 is 1.03 bits per heavy atom. The molecule has 0 spiro atoms. The zero-order valence-corrected chi connectivity index (χ0v) is 20.6. The van der Waals surface area contributed by atoms with Crippen LogP contribution in [0.15, 0.2) is 121 Å². The minimum atomic E-state index is -1.71. The van der Waals surface area contributed by atoms with Crippen LogP contribution >= 0.6 is 0 Å². The summed E-state index contributed by atoms with van der Waals surface area (Å²) in [4.78, 5) is 39.1. The van der Waals surface area contributed by atoms with Crippen LogP contribution in [0, 0.1) is 0 Å². The fraction of sp³-hybridized carbons (Fsp3) is 0.129. The fourth-order valence-corrected chi connectivity index (χ4v) is 4.43. The molecule has 0 saturated heterocycles. The van der Waals surface area contributed by atoms with Crippen molar-refractivity contribution in [2.24, 2.45) is 5.73 Å². The summed E-state index contributed by atoms with van der Waals surface area (Å²) in [7, 11) is 0. The molecule has 0 aromatic heterocycles. The van der Waals surface area contributed by atoms with Crippen molar-refractivity contribution in [3.63, 3.8) is 0 Å². The molecule has 0 bridgehead atoms. The van der Waals surface area contributed by atoms with Crippen LogP contribution in [0.1, 0.15) is 39.0 Å². The summed E-state index contributed by atoms with van der Waals surface area (Å²) in [6.45, 7) is 0. The van der Waals surface area contributed by atoms with Gasteiger partial charge in [-0.15, -0.1) is 0 Å². The third kappa shape index (κ3) is 6.32. The van der Waals surface area contributed by atoms with E-state index in [0.29, 0.717) is 11.1 Å². The van der Waals surface area contributed by atoms with E-state index in [9.17, 15) is 19.5 Å². The summed E-state index contributed by atoms with van der Waals surface area (Å²) in [5.41, 5.74) is 8.25. The molecule has 7 heteroatoms. The predicted octanol–water partition coefficient (Wildman–Crippen LogP) is 3.32. The molecule has 0 fully saturated rings. The quantitative estimate of drug-likeness (QED) is 0.263. The Morgan fingerprint density at radius 1 is 0.605 bits per heavy atom. The number of hydrogen-bond donors (Lipinski definition) is 4. The first kappa shape index (κ1) is 26.3. The number of aliphatic hydroxyl groups excluding tert-OH is 1. The number of rotatable bonds is 10. The minimum Gasteiger partial charge on any atom is -0.381 e. The number of nitrogens with one attached hydrogen (secondary N) is 2. The molecule has 38 heavy (non-hydrogen) atoms. The van der Waals surface area contributed by atoms with Crippen LogP contribution in [0.3, 0.4) is 0 Å². The van der Waals surface area contributed by atoms with E-state index in [4.69, 9.17) is 5.73 Å². The second kappa shape index (κ2) is 12.5. The highest BCUT2D eigenvalue weighted by Crippen LogP contribution is 2.29. The van der Waals surface area contributed by atoms with Crippen molar-refractivity contribution >= 4 is 17.7 Å². The van der Waals surface area contributed by atoms with Gasteiger partial charge in [0.2, 0.25) is 5.91 Å². The summed E-state index contributed by atoms with van der Waals surface area (Å²) in [6, 6.07) is 33.4. The molecule has 4 rings (SSSR count). The van der Waals surface area contributed by atoms with E-state index in [-0.39, 0.29) is 0 Å². The monoisotopic (exact) mass is 507 g/mol. The normalized spacial score (nSPS) is 13.2.